The molecule has 5 aromatic carbocycles. The second-order valence-electron chi connectivity index (χ2n) is 7.12. The summed E-state index contributed by atoms with van der Waals surface area (Å²) in [6.45, 7) is 2.18. The zero-order valence-electron chi connectivity index (χ0n) is 15.8. The molecule has 5 rings (SSSR count). The first-order chi connectivity index (χ1) is 13.8. The van der Waals surface area contributed by atoms with Crippen molar-refractivity contribution < 1.29 is 0 Å². The summed E-state index contributed by atoms with van der Waals surface area (Å²) in [4.78, 5) is 2.40. The largest absolute Gasteiger partial charge is 0.309 e. The van der Waals surface area contributed by atoms with Gasteiger partial charge in [0.05, 0.1) is 11.4 Å². The first kappa shape index (κ1) is 16.6. The van der Waals surface area contributed by atoms with Gasteiger partial charge in [0.1, 0.15) is 0 Å². The Morgan fingerprint density at radius 3 is 1.43 bits per heavy atom. The Hall–Kier alpha value is -3.58. The molecule has 134 valence electrons. The monoisotopic (exact) mass is 359 g/mol. The number of anilines is 3. The topological polar surface area (TPSA) is 3.24 Å². The minimum atomic E-state index is 1.20. The molecule has 0 amide bonds. The van der Waals surface area contributed by atoms with E-state index in [4.69, 9.17) is 0 Å². The van der Waals surface area contributed by atoms with Crippen molar-refractivity contribution >= 4 is 38.6 Å². The van der Waals surface area contributed by atoms with Crippen molar-refractivity contribution in [1.29, 1.82) is 0 Å². The summed E-state index contributed by atoms with van der Waals surface area (Å²) in [6.07, 6.45) is 0. The molecule has 0 N–H and O–H groups in total. The Balaban J connectivity index is 1.88. The van der Waals surface area contributed by atoms with E-state index < -0.39 is 0 Å². The van der Waals surface area contributed by atoms with Crippen LogP contribution in [-0.2, 0) is 0 Å². The summed E-state index contributed by atoms with van der Waals surface area (Å²) >= 11 is 0. The number of fused-ring (bicyclic) bond motifs is 2. The molecule has 0 heterocycles. The predicted octanol–water partition coefficient (Wildman–Crippen LogP) is 7.77. The molecule has 1 nitrogen and oxygen atoms in total. The lowest BCUT2D eigenvalue weighted by Gasteiger charge is -2.29. The number of para-hydroxylation sites is 1. The molecular formula is C27H21N. The minimum absolute atomic E-state index is 1.20. The number of aryl methyl sites for hydroxylation is 1. The molecular weight excluding hydrogens is 338 g/mol. The van der Waals surface area contributed by atoms with Crippen molar-refractivity contribution in [2.45, 2.75) is 6.92 Å². The molecule has 0 aliphatic carbocycles. The number of hydrogen-bond donors (Lipinski definition) is 0. The van der Waals surface area contributed by atoms with Crippen LogP contribution in [0.4, 0.5) is 17.1 Å². The summed E-state index contributed by atoms with van der Waals surface area (Å²) in [5.41, 5.74) is 4.85. The van der Waals surface area contributed by atoms with Gasteiger partial charge in [0.15, 0.2) is 0 Å². The van der Waals surface area contributed by atoms with Gasteiger partial charge in [0, 0.05) is 16.5 Å². The highest BCUT2D eigenvalue weighted by Gasteiger charge is 2.18. The van der Waals surface area contributed by atoms with E-state index in [1.54, 1.807) is 0 Å². The Bertz CT molecular complexity index is 1200. The third kappa shape index (κ3) is 2.73. The third-order valence-electron chi connectivity index (χ3n) is 5.37. The van der Waals surface area contributed by atoms with Crippen molar-refractivity contribution in [3.05, 3.63) is 115 Å². The smallest absolute Gasteiger partial charge is 0.0540 e. The standard InChI is InChI=1S/C27H21N/c1-20-10-2-7-17-25(20)28(26-18-8-13-21-11-3-5-15-23(21)26)27-19-9-14-22-12-4-6-16-24(22)27/h2-19H,1H3. The Labute approximate surface area is 165 Å². The maximum absolute atomic E-state index is 2.40. The Morgan fingerprint density at radius 2 is 0.857 bits per heavy atom. The van der Waals surface area contributed by atoms with E-state index in [-0.39, 0.29) is 0 Å². The van der Waals surface area contributed by atoms with Crippen LogP contribution in [0.2, 0.25) is 0 Å². The molecule has 0 aliphatic rings. The molecule has 0 radical (unpaired) electrons. The average Bonchev–Trinajstić information content (AvgIpc) is 2.75. The molecule has 0 spiro atoms. The molecule has 0 aromatic heterocycles. The van der Waals surface area contributed by atoms with Crippen molar-refractivity contribution in [3.63, 3.8) is 0 Å². The average molecular weight is 359 g/mol. The Morgan fingerprint density at radius 1 is 0.429 bits per heavy atom. The van der Waals surface area contributed by atoms with E-state index in [0.717, 1.165) is 0 Å². The van der Waals surface area contributed by atoms with Gasteiger partial charge in [-0.2, -0.15) is 0 Å². The second kappa shape index (κ2) is 6.86. The van der Waals surface area contributed by atoms with E-state index in [0.29, 0.717) is 0 Å². The SMILES string of the molecule is Cc1ccccc1N(c1cccc2ccccc12)c1cccc2ccccc12. The first-order valence-electron chi connectivity index (χ1n) is 9.64. The van der Waals surface area contributed by atoms with E-state index in [2.05, 4.69) is 121 Å². The number of benzene rings is 5. The highest BCUT2D eigenvalue weighted by molar-refractivity contribution is 6.04. The summed E-state index contributed by atoms with van der Waals surface area (Å²) in [7, 11) is 0. The maximum atomic E-state index is 2.40. The lowest BCUT2D eigenvalue weighted by atomic mass is 10.0. The van der Waals surface area contributed by atoms with Gasteiger partial charge >= 0.3 is 0 Å². The molecule has 0 saturated heterocycles. The quantitative estimate of drug-likeness (QED) is 0.318. The molecule has 0 saturated carbocycles. The summed E-state index contributed by atoms with van der Waals surface area (Å²) in [5, 5.41) is 5.00. The summed E-state index contributed by atoms with van der Waals surface area (Å²) in [5.74, 6) is 0. The molecule has 28 heavy (non-hydrogen) atoms. The van der Waals surface area contributed by atoms with E-state index in [1.165, 1.54) is 44.2 Å². The van der Waals surface area contributed by atoms with Crippen molar-refractivity contribution in [3.8, 4) is 0 Å². The van der Waals surface area contributed by atoms with Gasteiger partial charge in [-0.15, -0.1) is 0 Å². The fourth-order valence-corrected chi connectivity index (χ4v) is 4.01. The fourth-order valence-electron chi connectivity index (χ4n) is 4.01. The van der Waals surface area contributed by atoms with Crippen LogP contribution in [-0.4, -0.2) is 0 Å². The second-order valence-corrected chi connectivity index (χ2v) is 7.12. The Kier molecular flexibility index (Phi) is 4.06. The van der Waals surface area contributed by atoms with E-state index in [1.807, 2.05) is 0 Å². The van der Waals surface area contributed by atoms with Crippen LogP contribution < -0.4 is 4.90 Å². The molecule has 0 aliphatic heterocycles. The maximum Gasteiger partial charge on any atom is 0.0540 e. The van der Waals surface area contributed by atoms with Gasteiger partial charge < -0.3 is 4.90 Å². The molecule has 0 unspecified atom stereocenters. The van der Waals surface area contributed by atoms with Gasteiger partial charge in [-0.25, -0.2) is 0 Å². The predicted molar refractivity (Wildman–Crippen MR) is 121 cm³/mol. The fraction of sp³-hybridized carbons (Fsp3) is 0.0370. The molecule has 5 aromatic rings. The van der Waals surface area contributed by atoms with Crippen LogP contribution >= 0.6 is 0 Å². The molecule has 0 fully saturated rings. The van der Waals surface area contributed by atoms with Crippen molar-refractivity contribution in [2.75, 3.05) is 4.90 Å². The van der Waals surface area contributed by atoms with Crippen molar-refractivity contribution in [1.82, 2.24) is 0 Å². The third-order valence-corrected chi connectivity index (χ3v) is 5.37. The number of hydrogen-bond acceptors (Lipinski definition) is 1. The lowest BCUT2D eigenvalue weighted by molar-refractivity contribution is 1.27. The zero-order chi connectivity index (χ0) is 18.9. The van der Waals surface area contributed by atoms with Crippen LogP contribution in [0.1, 0.15) is 5.56 Å². The van der Waals surface area contributed by atoms with Crippen LogP contribution in [0.25, 0.3) is 21.5 Å². The summed E-state index contributed by atoms with van der Waals surface area (Å²) in [6, 6.07) is 38.9. The molecule has 0 atom stereocenters. The van der Waals surface area contributed by atoms with Gasteiger partial charge in [-0.3, -0.25) is 0 Å². The van der Waals surface area contributed by atoms with Gasteiger partial charge in [-0.1, -0.05) is 91.0 Å². The molecule has 0 bridgehead atoms. The van der Waals surface area contributed by atoms with Crippen molar-refractivity contribution in [2.24, 2.45) is 0 Å². The van der Waals surface area contributed by atoms with Crippen LogP contribution in [0, 0.1) is 6.92 Å². The number of nitrogens with zero attached hydrogens (tertiary/aromatic N) is 1. The zero-order valence-corrected chi connectivity index (χ0v) is 15.8. The van der Waals surface area contributed by atoms with Gasteiger partial charge in [-0.05, 0) is 41.5 Å². The lowest BCUT2D eigenvalue weighted by Crippen LogP contribution is -2.12. The van der Waals surface area contributed by atoms with Crippen LogP contribution in [0.15, 0.2) is 109 Å². The van der Waals surface area contributed by atoms with Gasteiger partial charge in [0.25, 0.3) is 0 Å². The van der Waals surface area contributed by atoms with E-state index >= 15 is 0 Å². The highest BCUT2D eigenvalue weighted by Crippen LogP contribution is 2.42. The van der Waals surface area contributed by atoms with Gasteiger partial charge in [0.2, 0.25) is 0 Å². The minimum Gasteiger partial charge on any atom is -0.309 e. The molecule has 1 heteroatoms. The summed E-state index contributed by atoms with van der Waals surface area (Å²) < 4.78 is 0. The normalized spacial score (nSPS) is 11.0. The van der Waals surface area contributed by atoms with E-state index in [9.17, 15) is 0 Å². The highest BCUT2D eigenvalue weighted by atomic mass is 15.1. The van der Waals surface area contributed by atoms with Crippen LogP contribution in [0.3, 0.4) is 0 Å². The first-order valence-corrected chi connectivity index (χ1v) is 9.64. The van der Waals surface area contributed by atoms with Crippen LogP contribution in [0.5, 0.6) is 0 Å². The number of rotatable bonds is 3.